The third-order valence-electron chi connectivity index (χ3n) is 3.01. The molecule has 82 valence electrons. The number of halogens is 1. The lowest BCUT2D eigenvalue weighted by Gasteiger charge is -2.20. The van der Waals surface area contributed by atoms with Gasteiger partial charge in [0.1, 0.15) is 5.82 Å². The molecule has 1 atom stereocenters. The van der Waals surface area contributed by atoms with Gasteiger partial charge in [0.2, 0.25) is 0 Å². The summed E-state index contributed by atoms with van der Waals surface area (Å²) >= 11 is 0. The highest BCUT2D eigenvalue weighted by molar-refractivity contribution is 5.16. The Morgan fingerprint density at radius 1 is 1.33 bits per heavy atom. The van der Waals surface area contributed by atoms with Crippen molar-refractivity contribution in [3.05, 3.63) is 35.6 Å². The van der Waals surface area contributed by atoms with Crippen LogP contribution in [0, 0.1) is 5.82 Å². The topological polar surface area (TPSA) is 32.3 Å². The van der Waals surface area contributed by atoms with Crippen molar-refractivity contribution in [2.45, 2.75) is 24.9 Å². The molecule has 3 heteroatoms. The molecule has 0 spiro atoms. The number of β-amino-alcohol motifs (C(OH)–C–C–N with tert-alkyl or cyclic N) is 1. The van der Waals surface area contributed by atoms with Gasteiger partial charge in [-0.05, 0) is 43.5 Å². The largest absolute Gasteiger partial charge is 0.389 e. The van der Waals surface area contributed by atoms with Crippen LogP contribution < -0.4 is 5.32 Å². The van der Waals surface area contributed by atoms with E-state index >= 15 is 0 Å². The number of aliphatic hydroxyl groups is 1. The van der Waals surface area contributed by atoms with Gasteiger partial charge in [-0.1, -0.05) is 12.1 Å². The highest BCUT2D eigenvalue weighted by Gasteiger charge is 2.30. The Labute approximate surface area is 89.1 Å². The second kappa shape index (κ2) is 4.29. The van der Waals surface area contributed by atoms with Gasteiger partial charge in [-0.3, -0.25) is 0 Å². The van der Waals surface area contributed by atoms with E-state index in [1.54, 1.807) is 12.1 Å². The van der Waals surface area contributed by atoms with Crippen molar-refractivity contribution in [3.63, 3.8) is 0 Å². The van der Waals surface area contributed by atoms with Crippen LogP contribution in [0.25, 0.3) is 0 Å². The Morgan fingerprint density at radius 2 is 2.07 bits per heavy atom. The normalized spacial score (nSPS) is 25.7. The molecule has 2 rings (SSSR count). The average Bonchev–Trinajstić information content (AvgIpc) is 2.65. The summed E-state index contributed by atoms with van der Waals surface area (Å²) in [6, 6.07) is 6.49. The first-order valence-corrected chi connectivity index (χ1v) is 5.36. The molecular weight excluding hydrogens is 193 g/mol. The lowest BCUT2D eigenvalue weighted by molar-refractivity contribution is 0.0526. The molecule has 1 aromatic carbocycles. The predicted molar refractivity (Wildman–Crippen MR) is 57.2 cm³/mol. The number of nitrogens with one attached hydrogen (secondary N) is 1. The van der Waals surface area contributed by atoms with Gasteiger partial charge < -0.3 is 10.4 Å². The number of rotatable bonds is 3. The van der Waals surface area contributed by atoms with Crippen LogP contribution in [0.5, 0.6) is 0 Å². The minimum Gasteiger partial charge on any atom is -0.389 e. The van der Waals surface area contributed by atoms with Crippen LogP contribution in [0.2, 0.25) is 0 Å². The molecule has 2 nitrogen and oxygen atoms in total. The molecular formula is C12H16FNO. The Bertz CT molecular complexity index is 317. The standard InChI is InChI=1S/C12H16FNO/c13-11-3-1-10(2-4-11)5-6-12(15)7-8-14-9-12/h1-4,14-15H,5-9H2. The van der Waals surface area contributed by atoms with Gasteiger partial charge >= 0.3 is 0 Å². The van der Waals surface area contributed by atoms with Crippen molar-refractivity contribution < 1.29 is 9.50 Å². The third kappa shape index (κ3) is 2.76. The summed E-state index contributed by atoms with van der Waals surface area (Å²) < 4.78 is 12.6. The summed E-state index contributed by atoms with van der Waals surface area (Å²) in [5.74, 6) is -0.208. The van der Waals surface area contributed by atoms with Gasteiger partial charge in [0.25, 0.3) is 0 Å². The van der Waals surface area contributed by atoms with E-state index < -0.39 is 5.60 Å². The number of hydrogen-bond donors (Lipinski definition) is 2. The van der Waals surface area contributed by atoms with E-state index in [0.29, 0.717) is 6.54 Å². The number of aryl methyl sites for hydroxylation is 1. The molecule has 1 fully saturated rings. The van der Waals surface area contributed by atoms with Crippen LogP contribution in [0.1, 0.15) is 18.4 Å². The zero-order valence-electron chi connectivity index (χ0n) is 8.67. The maximum absolute atomic E-state index is 12.6. The summed E-state index contributed by atoms with van der Waals surface area (Å²) in [5.41, 5.74) is 0.519. The average molecular weight is 209 g/mol. The molecule has 1 heterocycles. The van der Waals surface area contributed by atoms with Crippen LogP contribution in [-0.4, -0.2) is 23.8 Å². The van der Waals surface area contributed by atoms with Crippen LogP contribution in [0.15, 0.2) is 24.3 Å². The Balaban J connectivity index is 1.90. The fourth-order valence-corrected chi connectivity index (χ4v) is 1.97. The summed E-state index contributed by atoms with van der Waals surface area (Å²) in [6.45, 7) is 1.56. The second-order valence-electron chi connectivity index (χ2n) is 4.28. The SMILES string of the molecule is OC1(CCc2ccc(F)cc2)CCNC1. The first kappa shape index (κ1) is 10.6. The maximum Gasteiger partial charge on any atom is 0.123 e. The molecule has 2 N–H and O–H groups in total. The molecule has 0 saturated carbocycles. The molecule has 0 aliphatic carbocycles. The van der Waals surface area contributed by atoms with Gasteiger partial charge in [0.15, 0.2) is 0 Å². The Hall–Kier alpha value is -0.930. The van der Waals surface area contributed by atoms with E-state index in [2.05, 4.69) is 5.32 Å². The smallest absolute Gasteiger partial charge is 0.123 e. The highest BCUT2D eigenvalue weighted by Crippen LogP contribution is 2.21. The molecule has 1 unspecified atom stereocenters. The number of benzene rings is 1. The summed E-state index contributed by atoms with van der Waals surface area (Å²) in [4.78, 5) is 0. The van der Waals surface area contributed by atoms with E-state index in [1.165, 1.54) is 12.1 Å². The molecule has 1 aliphatic heterocycles. The van der Waals surface area contributed by atoms with Crippen molar-refractivity contribution in [2.24, 2.45) is 0 Å². The summed E-state index contributed by atoms with van der Waals surface area (Å²) in [7, 11) is 0. The first-order valence-electron chi connectivity index (χ1n) is 5.36. The zero-order chi connectivity index (χ0) is 10.7. The van der Waals surface area contributed by atoms with E-state index in [1.807, 2.05) is 0 Å². The molecule has 1 saturated heterocycles. The molecule has 1 aromatic rings. The summed E-state index contributed by atoms with van der Waals surface area (Å²) in [6.07, 6.45) is 2.36. The summed E-state index contributed by atoms with van der Waals surface area (Å²) in [5, 5.41) is 13.2. The van der Waals surface area contributed by atoms with E-state index in [-0.39, 0.29) is 5.82 Å². The minimum atomic E-state index is -0.561. The molecule has 0 bridgehead atoms. The van der Waals surface area contributed by atoms with E-state index in [9.17, 15) is 9.50 Å². The fourth-order valence-electron chi connectivity index (χ4n) is 1.97. The van der Waals surface area contributed by atoms with Crippen molar-refractivity contribution in [1.82, 2.24) is 5.32 Å². The van der Waals surface area contributed by atoms with Crippen LogP contribution >= 0.6 is 0 Å². The molecule has 1 aliphatic rings. The van der Waals surface area contributed by atoms with Crippen molar-refractivity contribution >= 4 is 0 Å². The van der Waals surface area contributed by atoms with E-state index in [4.69, 9.17) is 0 Å². The molecule has 0 radical (unpaired) electrons. The zero-order valence-corrected chi connectivity index (χ0v) is 8.67. The quantitative estimate of drug-likeness (QED) is 0.790. The second-order valence-corrected chi connectivity index (χ2v) is 4.28. The minimum absolute atomic E-state index is 0.208. The van der Waals surface area contributed by atoms with Gasteiger partial charge in [-0.2, -0.15) is 0 Å². The highest BCUT2D eigenvalue weighted by atomic mass is 19.1. The van der Waals surface area contributed by atoms with Crippen molar-refractivity contribution in [1.29, 1.82) is 0 Å². The van der Waals surface area contributed by atoms with Crippen LogP contribution in [0.4, 0.5) is 4.39 Å². The maximum atomic E-state index is 12.6. The predicted octanol–water partition coefficient (Wildman–Crippen LogP) is 1.48. The van der Waals surface area contributed by atoms with Gasteiger partial charge in [-0.15, -0.1) is 0 Å². The first-order chi connectivity index (χ1) is 7.18. The Kier molecular flexibility index (Phi) is 3.03. The van der Waals surface area contributed by atoms with Crippen molar-refractivity contribution in [3.8, 4) is 0 Å². The monoisotopic (exact) mass is 209 g/mol. The third-order valence-corrected chi connectivity index (χ3v) is 3.01. The lowest BCUT2D eigenvalue weighted by atomic mass is 9.94. The Morgan fingerprint density at radius 3 is 2.67 bits per heavy atom. The lowest BCUT2D eigenvalue weighted by Crippen LogP contribution is -2.31. The van der Waals surface area contributed by atoms with E-state index in [0.717, 1.165) is 31.4 Å². The van der Waals surface area contributed by atoms with Gasteiger partial charge in [0, 0.05) is 6.54 Å². The van der Waals surface area contributed by atoms with Crippen LogP contribution in [-0.2, 0) is 6.42 Å². The molecule has 15 heavy (non-hydrogen) atoms. The molecule has 0 amide bonds. The van der Waals surface area contributed by atoms with Crippen molar-refractivity contribution in [2.75, 3.05) is 13.1 Å². The van der Waals surface area contributed by atoms with Crippen LogP contribution in [0.3, 0.4) is 0 Å². The number of hydrogen-bond acceptors (Lipinski definition) is 2. The molecule has 0 aromatic heterocycles. The fraction of sp³-hybridized carbons (Fsp3) is 0.500. The van der Waals surface area contributed by atoms with Gasteiger partial charge in [-0.25, -0.2) is 4.39 Å². The van der Waals surface area contributed by atoms with Gasteiger partial charge in [0.05, 0.1) is 5.60 Å².